The molecule has 1 aliphatic carbocycles. The number of ether oxygens (including phenoxy) is 2. The first kappa shape index (κ1) is 20.4. The van der Waals surface area contributed by atoms with E-state index in [2.05, 4.69) is 0 Å². The van der Waals surface area contributed by atoms with Gasteiger partial charge in [0.15, 0.2) is 5.78 Å². The number of hydrogen-bond acceptors (Lipinski definition) is 4. The Balaban J connectivity index is 1.89. The Labute approximate surface area is 179 Å². The van der Waals surface area contributed by atoms with Gasteiger partial charge in [-0.3, -0.25) is 14.5 Å². The van der Waals surface area contributed by atoms with Crippen LogP contribution in [0, 0.1) is 5.82 Å². The number of hydrogen-bond donors (Lipinski definition) is 0. The minimum Gasteiger partial charge on any atom is -0.497 e. The molecule has 0 fully saturated rings. The standard InChI is InChI=1S/C23H21ClFNO4/c1-29-14-7-9-21(30-2)15(11-14)16-12-22(28)26(13-6-8-18(25)17(24)10-13)19-4-3-5-20(27)23(16)19/h6-11,16H,3-5,12H2,1-2H3. The van der Waals surface area contributed by atoms with Crippen molar-refractivity contribution in [2.75, 3.05) is 19.1 Å². The number of carbonyl (C=O) groups is 2. The minimum atomic E-state index is -0.558. The Morgan fingerprint density at radius 3 is 2.57 bits per heavy atom. The SMILES string of the molecule is COc1ccc(OC)c(C2CC(=O)N(c3ccc(F)c(Cl)c3)C3=C2C(=O)CCC3)c1. The third-order valence-electron chi connectivity index (χ3n) is 5.65. The van der Waals surface area contributed by atoms with E-state index in [0.717, 1.165) is 5.56 Å². The first-order chi connectivity index (χ1) is 14.4. The van der Waals surface area contributed by atoms with Gasteiger partial charge in [0.2, 0.25) is 5.91 Å². The summed E-state index contributed by atoms with van der Waals surface area (Å²) in [5.74, 6) is 0.0571. The molecule has 0 bridgehead atoms. The normalized spacial score (nSPS) is 19.1. The van der Waals surface area contributed by atoms with Crippen LogP contribution in [0.2, 0.25) is 5.02 Å². The van der Waals surface area contributed by atoms with Gasteiger partial charge >= 0.3 is 0 Å². The molecule has 0 spiro atoms. The highest BCUT2D eigenvalue weighted by atomic mass is 35.5. The van der Waals surface area contributed by atoms with E-state index >= 15 is 0 Å². The summed E-state index contributed by atoms with van der Waals surface area (Å²) in [5.41, 5.74) is 2.46. The highest BCUT2D eigenvalue weighted by Gasteiger charge is 2.40. The Bertz CT molecular complexity index is 1070. The van der Waals surface area contributed by atoms with Gasteiger partial charge in [0.1, 0.15) is 17.3 Å². The molecule has 0 saturated carbocycles. The quantitative estimate of drug-likeness (QED) is 0.684. The molecule has 2 aromatic carbocycles. The zero-order chi connectivity index (χ0) is 21.4. The zero-order valence-corrected chi connectivity index (χ0v) is 17.5. The predicted octanol–water partition coefficient (Wildman–Crippen LogP) is 5.02. The van der Waals surface area contributed by atoms with Crippen LogP contribution in [-0.2, 0) is 9.59 Å². The second kappa shape index (κ2) is 8.11. The van der Waals surface area contributed by atoms with E-state index < -0.39 is 11.7 Å². The lowest BCUT2D eigenvalue weighted by Crippen LogP contribution is -2.40. The molecule has 1 unspecified atom stereocenters. The Morgan fingerprint density at radius 1 is 1.07 bits per heavy atom. The van der Waals surface area contributed by atoms with Crippen LogP contribution in [0.4, 0.5) is 10.1 Å². The third kappa shape index (κ3) is 3.45. The summed E-state index contributed by atoms with van der Waals surface area (Å²) in [7, 11) is 3.12. The number of nitrogens with zero attached hydrogens (tertiary/aromatic N) is 1. The first-order valence-electron chi connectivity index (χ1n) is 9.70. The second-order valence-corrected chi connectivity index (χ2v) is 7.74. The average Bonchev–Trinajstić information content (AvgIpc) is 2.75. The van der Waals surface area contributed by atoms with Gasteiger partial charge in [-0.15, -0.1) is 0 Å². The number of rotatable bonds is 4. The molecule has 1 aliphatic heterocycles. The molecule has 0 aromatic heterocycles. The van der Waals surface area contributed by atoms with Gasteiger partial charge in [0, 0.05) is 35.6 Å². The van der Waals surface area contributed by atoms with Crippen LogP contribution in [0.5, 0.6) is 11.5 Å². The van der Waals surface area contributed by atoms with E-state index in [1.165, 1.54) is 23.1 Å². The highest BCUT2D eigenvalue weighted by Crippen LogP contribution is 2.46. The number of halogens is 2. The van der Waals surface area contributed by atoms with Gasteiger partial charge in [-0.1, -0.05) is 11.6 Å². The van der Waals surface area contributed by atoms with E-state index in [1.807, 2.05) is 6.07 Å². The van der Waals surface area contributed by atoms with Crippen molar-refractivity contribution >= 4 is 29.0 Å². The van der Waals surface area contributed by atoms with Crippen molar-refractivity contribution in [2.45, 2.75) is 31.6 Å². The number of Topliss-reactive ketones (excluding diaryl/α,β-unsaturated/α-hetero) is 1. The summed E-state index contributed by atoms with van der Waals surface area (Å²) < 4.78 is 24.5. The second-order valence-electron chi connectivity index (χ2n) is 7.33. The summed E-state index contributed by atoms with van der Waals surface area (Å²) in [6.45, 7) is 0. The number of carbonyl (C=O) groups excluding carboxylic acids is 2. The molecule has 4 rings (SSSR count). The van der Waals surface area contributed by atoms with E-state index in [-0.39, 0.29) is 23.1 Å². The van der Waals surface area contributed by atoms with Crippen molar-refractivity contribution in [1.29, 1.82) is 0 Å². The van der Waals surface area contributed by atoms with Gasteiger partial charge in [-0.2, -0.15) is 0 Å². The van der Waals surface area contributed by atoms with Crippen LogP contribution in [0.25, 0.3) is 0 Å². The summed E-state index contributed by atoms with van der Waals surface area (Å²) >= 11 is 5.96. The van der Waals surface area contributed by atoms with E-state index in [1.54, 1.807) is 26.4 Å². The summed E-state index contributed by atoms with van der Waals surface area (Å²) in [6, 6.07) is 9.52. The lowest BCUT2D eigenvalue weighted by Gasteiger charge is -2.38. The number of benzene rings is 2. The molecule has 0 N–H and O–H groups in total. The first-order valence-corrected chi connectivity index (χ1v) is 10.1. The minimum absolute atomic E-state index is 0.0110. The topological polar surface area (TPSA) is 55.8 Å². The van der Waals surface area contributed by atoms with Crippen molar-refractivity contribution in [2.24, 2.45) is 0 Å². The molecule has 0 saturated heterocycles. The third-order valence-corrected chi connectivity index (χ3v) is 5.94. The van der Waals surface area contributed by atoms with Gasteiger partial charge in [0.05, 0.1) is 24.9 Å². The van der Waals surface area contributed by atoms with Crippen LogP contribution < -0.4 is 14.4 Å². The fourth-order valence-corrected chi connectivity index (χ4v) is 4.47. The zero-order valence-electron chi connectivity index (χ0n) is 16.7. The maximum atomic E-state index is 13.7. The predicted molar refractivity (Wildman–Crippen MR) is 112 cm³/mol. The van der Waals surface area contributed by atoms with Crippen molar-refractivity contribution in [3.05, 3.63) is 64.1 Å². The molecule has 0 radical (unpaired) electrons. The molecule has 1 atom stereocenters. The lowest BCUT2D eigenvalue weighted by atomic mass is 9.76. The molecule has 2 aliphatic rings. The molecule has 7 heteroatoms. The maximum absolute atomic E-state index is 13.7. The molecule has 2 aromatic rings. The van der Waals surface area contributed by atoms with Crippen molar-refractivity contribution in [3.8, 4) is 11.5 Å². The van der Waals surface area contributed by atoms with Crippen LogP contribution in [-0.4, -0.2) is 25.9 Å². The number of amides is 1. The Morgan fingerprint density at radius 2 is 1.87 bits per heavy atom. The maximum Gasteiger partial charge on any atom is 0.232 e. The number of anilines is 1. The number of methoxy groups -OCH3 is 2. The average molecular weight is 430 g/mol. The summed E-state index contributed by atoms with van der Waals surface area (Å²) in [4.78, 5) is 27.8. The molecule has 156 valence electrons. The fraction of sp³-hybridized carbons (Fsp3) is 0.304. The molecular formula is C23H21ClFNO4. The number of allylic oxidation sites excluding steroid dienone is 2. The molecular weight excluding hydrogens is 409 g/mol. The van der Waals surface area contributed by atoms with E-state index in [4.69, 9.17) is 21.1 Å². The summed E-state index contributed by atoms with van der Waals surface area (Å²) in [5, 5.41) is -0.0684. The van der Waals surface area contributed by atoms with E-state index in [9.17, 15) is 14.0 Å². The van der Waals surface area contributed by atoms with Crippen LogP contribution in [0.15, 0.2) is 47.7 Å². The molecule has 1 amide bonds. The number of ketones is 1. The van der Waals surface area contributed by atoms with Gasteiger partial charge in [-0.25, -0.2) is 4.39 Å². The van der Waals surface area contributed by atoms with Crippen LogP contribution in [0.1, 0.15) is 37.2 Å². The van der Waals surface area contributed by atoms with Crippen LogP contribution >= 0.6 is 11.6 Å². The molecule has 1 heterocycles. The Kier molecular flexibility index (Phi) is 5.52. The lowest BCUT2D eigenvalue weighted by molar-refractivity contribution is -0.119. The van der Waals surface area contributed by atoms with Crippen molar-refractivity contribution in [3.63, 3.8) is 0 Å². The van der Waals surface area contributed by atoms with Gasteiger partial charge in [0.25, 0.3) is 0 Å². The van der Waals surface area contributed by atoms with Gasteiger partial charge in [-0.05, 0) is 49.2 Å². The summed E-state index contributed by atoms with van der Waals surface area (Å²) in [6.07, 6.45) is 1.74. The van der Waals surface area contributed by atoms with E-state index in [0.29, 0.717) is 47.7 Å². The smallest absolute Gasteiger partial charge is 0.232 e. The molecule has 30 heavy (non-hydrogen) atoms. The largest absolute Gasteiger partial charge is 0.497 e. The highest BCUT2D eigenvalue weighted by molar-refractivity contribution is 6.31. The van der Waals surface area contributed by atoms with Crippen molar-refractivity contribution in [1.82, 2.24) is 0 Å². The van der Waals surface area contributed by atoms with Gasteiger partial charge < -0.3 is 9.47 Å². The molecule has 5 nitrogen and oxygen atoms in total. The Hall–Kier alpha value is -2.86. The monoisotopic (exact) mass is 429 g/mol. The fourth-order valence-electron chi connectivity index (χ4n) is 4.29. The van der Waals surface area contributed by atoms with Crippen LogP contribution in [0.3, 0.4) is 0 Å². The van der Waals surface area contributed by atoms with Crippen molar-refractivity contribution < 1.29 is 23.5 Å².